The van der Waals surface area contributed by atoms with E-state index in [1.165, 1.54) is 0 Å². The van der Waals surface area contributed by atoms with Gasteiger partial charge >= 0.3 is 17.9 Å². The van der Waals surface area contributed by atoms with Crippen molar-refractivity contribution in [3.8, 4) is 0 Å². The van der Waals surface area contributed by atoms with Crippen molar-refractivity contribution >= 4 is 17.9 Å². The van der Waals surface area contributed by atoms with Gasteiger partial charge in [0.25, 0.3) is 0 Å². The normalized spacial score (nSPS) is 18.6. The van der Waals surface area contributed by atoms with Crippen molar-refractivity contribution in [1.29, 1.82) is 0 Å². The van der Waals surface area contributed by atoms with Crippen molar-refractivity contribution in [1.82, 2.24) is 4.90 Å². The van der Waals surface area contributed by atoms with Crippen LogP contribution in [0.2, 0.25) is 0 Å². The lowest BCUT2D eigenvalue weighted by Gasteiger charge is -2.35. The molecule has 242 valence electrons. The van der Waals surface area contributed by atoms with Gasteiger partial charge in [-0.15, -0.1) is 0 Å². The monoisotopic (exact) mass is 641 g/mol. The standard InChI is InChI=1S/C40H35NO7/c42-37(31-20-10-3-11-21-31)45-28-34-35(41(26-29-16-6-1-7-17-29)27-30-18-8-2-9-19-30)36(47-38(43)32-22-12-4-13-23-32)40(46-34)48-39(44)33-24-14-5-15-25-33/h1-25,34-36,40H,26-28H2/t34?,35?,36?,40-/m1/s1. The van der Waals surface area contributed by atoms with Crippen LogP contribution in [-0.2, 0) is 32.0 Å². The van der Waals surface area contributed by atoms with Crippen LogP contribution in [0, 0.1) is 0 Å². The number of esters is 3. The second-order valence-corrected chi connectivity index (χ2v) is 11.4. The molecule has 48 heavy (non-hydrogen) atoms. The number of carbonyl (C=O) groups is 3. The summed E-state index contributed by atoms with van der Waals surface area (Å²) < 4.78 is 24.4. The lowest BCUT2D eigenvalue weighted by molar-refractivity contribution is -0.141. The summed E-state index contributed by atoms with van der Waals surface area (Å²) in [5.41, 5.74) is 3.05. The van der Waals surface area contributed by atoms with E-state index in [0.29, 0.717) is 29.8 Å². The molecule has 1 aliphatic heterocycles. The van der Waals surface area contributed by atoms with E-state index in [4.69, 9.17) is 18.9 Å². The fourth-order valence-corrected chi connectivity index (χ4v) is 5.74. The molecule has 1 aliphatic rings. The van der Waals surface area contributed by atoms with Crippen LogP contribution in [0.1, 0.15) is 42.2 Å². The molecule has 0 spiro atoms. The number of benzene rings is 5. The van der Waals surface area contributed by atoms with Crippen LogP contribution in [-0.4, -0.2) is 54.0 Å². The molecular weight excluding hydrogens is 606 g/mol. The van der Waals surface area contributed by atoms with Crippen molar-refractivity contribution < 1.29 is 33.3 Å². The molecule has 5 aromatic carbocycles. The van der Waals surface area contributed by atoms with E-state index in [-0.39, 0.29) is 6.61 Å². The van der Waals surface area contributed by atoms with Gasteiger partial charge < -0.3 is 18.9 Å². The van der Waals surface area contributed by atoms with Crippen LogP contribution in [0.15, 0.2) is 152 Å². The highest BCUT2D eigenvalue weighted by Gasteiger charge is 2.52. The van der Waals surface area contributed by atoms with Gasteiger partial charge in [-0.1, -0.05) is 115 Å². The molecule has 6 rings (SSSR count). The maximum Gasteiger partial charge on any atom is 0.340 e. The van der Waals surface area contributed by atoms with Crippen LogP contribution >= 0.6 is 0 Å². The largest absolute Gasteiger partial charge is 0.459 e. The molecule has 0 saturated carbocycles. The first kappa shape index (κ1) is 32.4. The van der Waals surface area contributed by atoms with Gasteiger partial charge in [-0.25, -0.2) is 14.4 Å². The summed E-state index contributed by atoms with van der Waals surface area (Å²) in [6.07, 6.45) is -3.23. The van der Waals surface area contributed by atoms with E-state index >= 15 is 0 Å². The Labute approximate surface area is 279 Å². The fraction of sp³-hybridized carbons (Fsp3) is 0.175. The van der Waals surface area contributed by atoms with Gasteiger partial charge in [-0.3, -0.25) is 4.90 Å². The zero-order chi connectivity index (χ0) is 33.1. The average Bonchev–Trinajstić information content (AvgIpc) is 3.47. The maximum atomic E-state index is 13.6. The van der Waals surface area contributed by atoms with E-state index in [2.05, 4.69) is 4.90 Å². The topological polar surface area (TPSA) is 91.4 Å². The van der Waals surface area contributed by atoms with Gasteiger partial charge in [-0.05, 0) is 47.5 Å². The van der Waals surface area contributed by atoms with Crippen LogP contribution in [0.4, 0.5) is 0 Å². The molecular formula is C40H35NO7. The summed E-state index contributed by atoms with van der Waals surface area (Å²) in [4.78, 5) is 42.2. The molecule has 4 atom stereocenters. The lowest BCUT2D eigenvalue weighted by Crippen LogP contribution is -2.50. The van der Waals surface area contributed by atoms with E-state index < -0.39 is 42.4 Å². The van der Waals surface area contributed by atoms with E-state index in [1.807, 2.05) is 66.7 Å². The van der Waals surface area contributed by atoms with E-state index in [9.17, 15) is 14.4 Å². The quantitative estimate of drug-likeness (QED) is 0.110. The van der Waals surface area contributed by atoms with Crippen LogP contribution in [0.25, 0.3) is 0 Å². The minimum absolute atomic E-state index is 0.183. The van der Waals surface area contributed by atoms with Crippen molar-refractivity contribution in [2.45, 2.75) is 37.6 Å². The van der Waals surface area contributed by atoms with Crippen molar-refractivity contribution in [2.24, 2.45) is 0 Å². The molecule has 0 aromatic heterocycles. The Morgan fingerprint density at radius 2 is 0.917 bits per heavy atom. The van der Waals surface area contributed by atoms with Crippen LogP contribution in [0.5, 0.6) is 0 Å². The minimum atomic E-state index is -1.30. The minimum Gasteiger partial charge on any atom is -0.459 e. The smallest absolute Gasteiger partial charge is 0.340 e. The number of rotatable bonds is 12. The third-order valence-electron chi connectivity index (χ3n) is 8.05. The Hall–Kier alpha value is -5.57. The molecule has 0 radical (unpaired) electrons. The first-order valence-corrected chi connectivity index (χ1v) is 15.8. The Morgan fingerprint density at radius 3 is 1.38 bits per heavy atom. The van der Waals surface area contributed by atoms with Gasteiger partial charge in [0.1, 0.15) is 12.7 Å². The molecule has 8 heteroatoms. The lowest BCUT2D eigenvalue weighted by atomic mass is 10.0. The SMILES string of the molecule is O=C(OCC1O[C@H](OC(=O)c2ccccc2)C(OC(=O)c2ccccc2)C1N(Cc1ccccc1)Cc1ccccc1)c1ccccc1. The zero-order valence-electron chi connectivity index (χ0n) is 26.2. The zero-order valence-corrected chi connectivity index (χ0v) is 26.2. The van der Waals surface area contributed by atoms with Gasteiger partial charge in [0, 0.05) is 13.1 Å². The predicted octanol–water partition coefficient (Wildman–Crippen LogP) is 6.72. The summed E-state index contributed by atoms with van der Waals surface area (Å²) in [6.45, 7) is 0.689. The molecule has 3 unspecified atom stereocenters. The predicted molar refractivity (Wildman–Crippen MR) is 179 cm³/mol. The van der Waals surface area contributed by atoms with Gasteiger partial charge in [0.15, 0.2) is 6.10 Å². The Morgan fingerprint density at radius 1 is 0.521 bits per heavy atom. The fourth-order valence-electron chi connectivity index (χ4n) is 5.74. The van der Waals surface area contributed by atoms with Crippen molar-refractivity contribution in [3.63, 3.8) is 0 Å². The van der Waals surface area contributed by atoms with Gasteiger partial charge in [0.2, 0.25) is 6.29 Å². The van der Waals surface area contributed by atoms with Gasteiger partial charge in [0.05, 0.1) is 22.7 Å². The summed E-state index contributed by atoms with van der Waals surface area (Å²) in [5, 5.41) is 0. The number of hydrogen-bond donors (Lipinski definition) is 0. The van der Waals surface area contributed by atoms with E-state index in [1.54, 1.807) is 84.9 Å². The first-order valence-electron chi connectivity index (χ1n) is 15.8. The number of nitrogens with zero attached hydrogens (tertiary/aromatic N) is 1. The third-order valence-corrected chi connectivity index (χ3v) is 8.05. The van der Waals surface area contributed by atoms with Crippen LogP contribution in [0.3, 0.4) is 0 Å². The molecule has 1 fully saturated rings. The summed E-state index contributed by atoms with van der Waals surface area (Å²) >= 11 is 0. The van der Waals surface area contributed by atoms with Crippen molar-refractivity contribution in [3.05, 3.63) is 179 Å². The van der Waals surface area contributed by atoms with Crippen LogP contribution < -0.4 is 0 Å². The number of ether oxygens (including phenoxy) is 4. The second-order valence-electron chi connectivity index (χ2n) is 11.4. The number of carbonyl (C=O) groups excluding carboxylic acids is 3. The summed E-state index contributed by atoms with van der Waals surface area (Å²) in [7, 11) is 0. The van der Waals surface area contributed by atoms with E-state index in [0.717, 1.165) is 11.1 Å². The molecule has 1 heterocycles. The Balaban J connectivity index is 1.38. The molecule has 8 nitrogen and oxygen atoms in total. The summed E-state index contributed by atoms with van der Waals surface area (Å²) in [6, 6.07) is 44.9. The molecule has 0 amide bonds. The highest BCUT2D eigenvalue weighted by molar-refractivity contribution is 5.90. The maximum absolute atomic E-state index is 13.6. The first-order chi connectivity index (χ1) is 23.5. The third kappa shape index (κ3) is 8.22. The molecule has 0 bridgehead atoms. The molecule has 5 aromatic rings. The highest BCUT2D eigenvalue weighted by Crippen LogP contribution is 2.33. The Kier molecular flexibility index (Phi) is 10.7. The van der Waals surface area contributed by atoms with Crippen molar-refractivity contribution in [2.75, 3.05) is 6.61 Å². The second kappa shape index (κ2) is 15.8. The average molecular weight is 642 g/mol. The molecule has 1 saturated heterocycles. The summed E-state index contributed by atoms with van der Waals surface area (Å²) in [5.74, 6) is -1.77. The highest BCUT2D eigenvalue weighted by atomic mass is 16.7. The molecule has 0 N–H and O–H groups in total. The number of hydrogen-bond acceptors (Lipinski definition) is 8. The van der Waals surface area contributed by atoms with Gasteiger partial charge in [-0.2, -0.15) is 0 Å². The molecule has 0 aliphatic carbocycles. The Bertz CT molecular complexity index is 1730.